The Morgan fingerprint density at radius 1 is 1.48 bits per heavy atom. The molecular formula is C17H26N2O2. The second-order valence-corrected chi connectivity index (χ2v) is 5.79. The van der Waals surface area contributed by atoms with E-state index in [1.807, 2.05) is 36.9 Å². The Hall–Kier alpha value is -1.55. The predicted octanol–water partition coefficient (Wildman–Crippen LogP) is 2.93. The quantitative estimate of drug-likeness (QED) is 0.906. The van der Waals surface area contributed by atoms with Gasteiger partial charge in [0.25, 0.3) is 5.91 Å². The van der Waals surface area contributed by atoms with Crippen molar-refractivity contribution in [3.63, 3.8) is 0 Å². The van der Waals surface area contributed by atoms with E-state index in [9.17, 15) is 4.79 Å². The normalized spacial score (nSPS) is 18.6. The summed E-state index contributed by atoms with van der Waals surface area (Å²) in [5.74, 6) is 0.590. The predicted molar refractivity (Wildman–Crippen MR) is 85.8 cm³/mol. The van der Waals surface area contributed by atoms with Crippen LogP contribution in [-0.4, -0.2) is 44.2 Å². The highest BCUT2D eigenvalue weighted by Crippen LogP contribution is 2.23. The summed E-state index contributed by atoms with van der Waals surface area (Å²) >= 11 is 0. The molecule has 1 fully saturated rings. The number of nitrogens with one attached hydrogen (secondary N) is 1. The number of ether oxygens (including phenoxy) is 1. The summed E-state index contributed by atoms with van der Waals surface area (Å²) in [6.07, 6.45) is 2.20. The van der Waals surface area contributed by atoms with E-state index in [2.05, 4.69) is 5.32 Å². The molecule has 116 valence electrons. The fourth-order valence-corrected chi connectivity index (χ4v) is 2.97. The molecule has 1 atom stereocenters. The van der Waals surface area contributed by atoms with Crippen LogP contribution in [0.1, 0.15) is 35.7 Å². The molecule has 4 heteroatoms. The van der Waals surface area contributed by atoms with Crippen LogP contribution in [0.3, 0.4) is 0 Å². The van der Waals surface area contributed by atoms with Crippen LogP contribution in [0.4, 0.5) is 5.69 Å². The third-order valence-corrected chi connectivity index (χ3v) is 3.98. The van der Waals surface area contributed by atoms with Gasteiger partial charge in [0.05, 0.1) is 12.2 Å². The van der Waals surface area contributed by atoms with Gasteiger partial charge in [-0.3, -0.25) is 4.79 Å². The number of hydrogen-bond acceptors (Lipinski definition) is 3. The molecule has 0 aromatic heterocycles. The number of piperidine rings is 1. The van der Waals surface area contributed by atoms with Crippen LogP contribution >= 0.6 is 0 Å². The highest BCUT2D eigenvalue weighted by molar-refractivity contribution is 5.99. The van der Waals surface area contributed by atoms with Gasteiger partial charge in [-0.1, -0.05) is 6.07 Å². The summed E-state index contributed by atoms with van der Waals surface area (Å²) in [6, 6.07) is 5.99. The van der Waals surface area contributed by atoms with Gasteiger partial charge in [-0.25, -0.2) is 0 Å². The largest absolute Gasteiger partial charge is 0.385 e. The van der Waals surface area contributed by atoms with Gasteiger partial charge in [0.2, 0.25) is 0 Å². The molecule has 0 radical (unpaired) electrons. The fourth-order valence-electron chi connectivity index (χ4n) is 2.97. The first-order valence-corrected chi connectivity index (χ1v) is 7.78. The minimum absolute atomic E-state index is 0.131. The summed E-state index contributed by atoms with van der Waals surface area (Å²) in [4.78, 5) is 14.8. The number of nitrogens with zero attached hydrogens (tertiary/aromatic N) is 1. The van der Waals surface area contributed by atoms with Crippen molar-refractivity contribution in [1.29, 1.82) is 0 Å². The van der Waals surface area contributed by atoms with Crippen molar-refractivity contribution in [1.82, 2.24) is 4.90 Å². The van der Waals surface area contributed by atoms with E-state index < -0.39 is 0 Å². The first kappa shape index (κ1) is 15.8. The molecule has 1 aliphatic rings. The molecule has 1 aromatic carbocycles. The second-order valence-electron chi connectivity index (χ2n) is 5.79. The summed E-state index contributed by atoms with van der Waals surface area (Å²) in [5.41, 5.74) is 2.88. The number of anilines is 1. The lowest BCUT2D eigenvalue weighted by Crippen LogP contribution is -2.41. The van der Waals surface area contributed by atoms with Crippen LogP contribution in [0.5, 0.6) is 0 Å². The Morgan fingerprint density at radius 2 is 2.29 bits per heavy atom. The van der Waals surface area contributed by atoms with E-state index in [1.54, 1.807) is 7.11 Å². The van der Waals surface area contributed by atoms with Gasteiger partial charge in [-0.05, 0) is 50.3 Å². The highest BCUT2D eigenvalue weighted by Gasteiger charge is 2.25. The number of carbonyl (C=O) groups is 1. The summed E-state index contributed by atoms with van der Waals surface area (Å²) in [7, 11) is 1.73. The Bertz CT molecular complexity index is 486. The van der Waals surface area contributed by atoms with E-state index in [-0.39, 0.29) is 5.91 Å². The number of amides is 1. The van der Waals surface area contributed by atoms with Crippen LogP contribution < -0.4 is 5.32 Å². The molecule has 1 saturated heterocycles. The van der Waals surface area contributed by atoms with E-state index in [1.165, 1.54) is 5.56 Å². The number of aryl methyl sites for hydroxylation is 1. The topological polar surface area (TPSA) is 41.6 Å². The Labute approximate surface area is 127 Å². The minimum atomic E-state index is 0.131. The molecule has 1 aliphatic heterocycles. The second kappa shape index (κ2) is 7.46. The summed E-state index contributed by atoms with van der Waals surface area (Å²) < 4.78 is 5.24. The van der Waals surface area contributed by atoms with Crippen molar-refractivity contribution >= 4 is 11.6 Å². The summed E-state index contributed by atoms with van der Waals surface area (Å²) in [6.45, 7) is 7.29. The number of methoxy groups -OCH3 is 1. The number of hydrogen-bond donors (Lipinski definition) is 1. The first-order valence-electron chi connectivity index (χ1n) is 7.78. The van der Waals surface area contributed by atoms with Gasteiger partial charge < -0.3 is 15.0 Å². The lowest BCUT2D eigenvalue weighted by molar-refractivity contribution is 0.0572. The molecule has 1 aromatic rings. The van der Waals surface area contributed by atoms with Crippen molar-refractivity contribution in [2.75, 3.05) is 38.7 Å². The minimum Gasteiger partial charge on any atom is -0.385 e. The van der Waals surface area contributed by atoms with Crippen molar-refractivity contribution < 1.29 is 9.53 Å². The summed E-state index contributed by atoms with van der Waals surface area (Å²) in [5, 5.41) is 3.30. The molecule has 0 bridgehead atoms. The third kappa shape index (κ3) is 3.97. The monoisotopic (exact) mass is 290 g/mol. The van der Waals surface area contributed by atoms with Crippen LogP contribution in [0.2, 0.25) is 0 Å². The SMILES string of the molecule is CCNc1cc(C)ccc1C(=O)N1CCCC(COC)C1. The molecule has 1 unspecified atom stereocenters. The molecule has 2 rings (SSSR count). The average Bonchev–Trinajstić information content (AvgIpc) is 2.48. The maximum Gasteiger partial charge on any atom is 0.255 e. The first-order chi connectivity index (χ1) is 10.2. The van der Waals surface area contributed by atoms with Crippen molar-refractivity contribution in [2.45, 2.75) is 26.7 Å². The van der Waals surface area contributed by atoms with Crippen molar-refractivity contribution in [3.05, 3.63) is 29.3 Å². The molecule has 1 N–H and O–H groups in total. The van der Waals surface area contributed by atoms with Crippen LogP contribution in [0.15, 0.2) is 18.2 Å². The zero-order valence-electron chi connectivity index (χ0n) is 13.3. The maximum atomic E-state index is 12.8. The van der Waals surface area contributed by atoms with Gasteiger partial charge in [0.1, 0.15) is 0 Å². The number of carbonyl (C=O) groups excluding carboxylic acids is 1. The van der Waals surface area contributed by atoms with Crippen LogP contribution in [0, 0.1) is 12.8 Å². The maximum absolute atomic E-state index is 12.8. The van der Waals surface area contributed by atoms with Crippen LogP contribution in [0.25, 0.3) is 0 Å². The van der Waals surface area contributed by atoms with Crippen molar-refractivity contribution in [2.24, 2.45) is 5.92 Å². The van der Waals surface area contributed by atoms with Gasteiger partial charge in [0, 0.05) is 32.4 Å². The van der Waals surface area contributed by atoms with E-state index in [4.69, 9.17) is 4.74 Å². The lowest BCUT2D eigenvalue weighted by Gasteiger charge is -2.33. The molecule has 4 nitrogen and oxygen atoms in total. The van der Waals surface area contributed by atoms with Gasteiger partial charge in [-0.2, -0.15) is 0 Å². The van der Waals surface area contributed by atoms with Gasteiger partial charge in [0.15, 0.2) is 0 Å². The zero-order valence-corrected chi connectivity index (χ0v) is 13.3. The number of rotatable bonds is 5. The third-order valence-electron chi connectivity index (χ3n) is 3.98. The van der Waals surface area contributed by atoms with E-state index in [0.717, 1.165) is 50.3 Å². The standard InChI is InChI=1S/C17H26N2O2/c1-4-18-16-10-13(2)7-8-15(16)17(20)19-9-5-6-14(11-19)12-21-3/h7-8,10,14,18H,4-6,9,11-12H2,1-3H3. The lowest BCUT2D eigenvalue weighted by atomic mass is 9.98. The van der Waals surface area contributed by atoms with Crippen molar-refractivity contribution in [3.8, 4) is 0 Å². The Kier molecular flexibility index (Phi) is 5.62. The molecule has 0 saturated carbocycles. The Morgan fingerprint density at radius 3 is 3.00 bits per heavy atom. The van der Waals surface area contributed by atoms with E-state index in [0.29, 0.717) is 5.92 Å². The zero-order chi connectivity index (χ0) is 15.2. The van der Waals surface area contributed by atoms with Gasteiger partial charge in [-0.15, -0.1) is 0 Å². The number of likely N-dealkylation sites (tertiary alicyclic amines) is 1. The van der Waals surface area contributed by atoms with E-state index >= 15 is 0 Å². The molecule has 0 aliphatic carbocycles. The fraction of sp³-hybridized carbons (Fsp3) is 0.588. The molecule has 0 spiro atoms. The average molecular weight is 290 g/mol. The van der Waals surface area contributed by atoms with Crippen LogP contribution in [-0.2, 0) is 4.74 Å². The molecule has 1 heterocycles. The molecular weight excluding hydrogens is 264 g/mol. The van der Waals surface area contributed by atoms with Gasteiger partial charge >= 0.3 is 0 Å². The Balaban J connectivity index is 2.15. The number of benzene rings is 1. The highest BCUT2D eigenvalue weighted by atomic mass is 16.5. The molecule has 1 amide bonds. The smallest absolute Gasteiger partial charge is 0.255 e. The molecule has 21 heavy (non-hydrogen) atoms.